The van der Waals surface area contributed by atoms with Gasteiger partial charge in [0, 0.05) is 11.3 Å². The zero-order chi connectivity index (χ0) is 10.6. The second-order valence-electron chi connectivity index (χ2n) is 3.12. The van der Waals surface area contributed by atoms with Gasteiger partial charge in [0.1, 0.15) is 6.10 Å². The molecule has 76 valence electrons. The lowest BCUT2D eigenvalue weighted by Gasteiger charge is -2.14. The summed E-state index contributed by atoms with van der Waals surface area (Å²) in [4.78, 5) is 10.2. The van der Waals surface area contributed by atoms with E-state index in [1.165, 1.54) is 0 Å². The summed E-state index contributed by atoms with van der Waals surface area (Å²) in [6, 6.07) is 7.78. The van der Waals surface area contributed by atoms with Crippen molar-refractivity contribution in [3.63, 3.8) is 0 Å². The zero-order valence-corrected chi connectivity index (χ0v) is 7.96. The van der Waals surface area contributed by atoms with Crippen LogP contribution >= 0.6 is 0 Å². The van der Waals surface area contributed by atoms with Gasteiger partial charge < -0.3 is 5.11 Å². The van der Waals surface area contributed by atoms with E-state index in [4.69, 9.17) is 0 Å². The van der Waals surface area contributed by atoms with Crippen LogP contribution in [0.3, 0.4) is 0 Å². The Morgan fingerprint density at radius 1 is 1.43 bits per heavy atom. The molecule has 0 unspecified atom stereocenters. The molecule has 0 saturated carbocycles. The van der Waals surface area contributed by atoms with Crippen LogP contribution in [0.5, 0.6) is 0 Å². The van der Waals surface area contributed by atoms with E-state index < -0.39 is 17.1 Å². The summed E-state index contributed by atoms with van der Waals surface area (Å²) in [6.45, 7) is 1.69. The normalized spacial score (nSPS) is 14.7. The van der Waals surface area contributed by atoms with Crippen LogP contribution in [0.25, 0.3) is 0 Å². The first kappa shape index (κ1) is 10.7. The maximum absolute atomic E-state index is 10.6. The van der Waals surface area contributed by atoms with E-state index in [1.54, 1.807) is 31.2 Å². The minimum atomic E-state index is -1.02. The number of benzene rings is 1. The molecular weight excluding hydrogens is 182 g/mol. The average Bonchev–Trinajstić information content (AvgIpc) is 2.19. The molecule has 1 aromatic rings. The summed E-state index contributed by atoms with van der Waals surface area (Å²) >= 11 is 0. The second kappa shape index (κ2) is 4.72. The number of nitrogens with zero attached hydrogens (tertiary/aromatic N) is 1. The lowest BCUT2D eigenvalue weighted by Crippen LogP contribution is -2.26. The van der Waals surface area contributed by atoms with Crippen LogP contribution in [-0.4, -0.2) is 16.1 Å². The highest BCUT2D eigenvalue weighted by atomic mass is 16.6. The molecule has 0 amide bonds. The Kier molecular flexibility index (Phi) is 3.59. The molecule has 4 nitrogen and oxygen atoms in total. The standard InChI is InChI=1S/C10H13NO3/c1-2-9(11(13)14)10(12)8-6-4-3-5-7-8/h3-7,9-10,12H,2H2,1H3/t9-,10+/m1/s1. The topological polar surface area (TPSA) is 63.4 Å². The first-order valence-corrected chi connectivity index (χ1v) is 4.53. The second-order valence-corrected chi connectivity index (χ2v) is 3.12. The van der Waals surface area contributed by atoms with Crippen molar-refractivity contribution < 1.29 is 10.0 Å². The van der Waals surface area contributed by atoms with Gasteiger partial charge in [-0.2, -0.15) is 0 Å². The number of aliphatic hydroxyl groups is 1. The Labute approximate surface area is 82.3 Å². The van der Waals surface area contributed by atoms with Crippen molar-refractivity contribution in [2.75, 3.05) is 0 Å². The predicted octanol–water partition coefficient (Wildman–Crippen LogP) is 1.78. The van der Waals surface area contributed by atoms with Crippen LogP contribution in [0.15, 0.2) is 30.3 Å². The van der Waals surface area contributed by atoms with Gasteiger partial charge in [0.2, 0.25) is 6.04 Å². The number of hydrogen-bond acceptors (Lipinski definition) is 3. The third-order valence-electron chi connectivity index (χ3n) is 2.19. The molecule has 0 saturated heterocycles. The summed E-state index contributed by atoms with van der Waals surface area (Å²) in [5.74, 6) is 0. The van der Waals surface area contributed by atoms with Crippen molar-refractivity contribution in [1.29, 1.82) is 0 Å². The van der Waals surface area contributed by atoms with Crippen LogP contribution < -0.4 is 0 Å². The van der Waals surface area contributed by atoms with Gasteiger partial charge in [0.15, 0.2) is 0 Å². The molecule has 0 spiro atoms. The fourth-order valence-electron chi connectivity index (χ4n) is 1.36. The average molecular weight is 195 g/mol. The summed E-state index contributed by atoms with van der Waals surface area (Å²) in [7, 11) is 0. The minimum absolute atomic E-state index is 0.322. The SMILES string of the molecule is CC[C@H]([C@@H](O)c1ccccc1)[N+](=O)[O-]. The van der Waals surface area contributed by atoms with Gasteiger partial charge in [-0.3, -0.25) is 10.1 Å². The van der Waals surface area contributed by atoms with Crippen molar-refractivity contribution in [3.05, 3.63) is 46.0 Å². The highest BCUT2D eigenvalue weighted by molar-refractivity contribution is 5.18. The van der Waals surface area contributed by atoms with E-state index >= 15 is 0 Å². The molecule has 0 radical (unpaired) electrons. The third-order valence-corrected chi connectivity index (χ3v) is 2.19. The van der Waals surface area contributed by atoms with Crippen molar-refractivity contribution in [1.82, 2.24) is 0 Å². The monoisotopic (exact) mass is 195 g/mol. The summed E-state index contributed by atoms with van der Waals surface area (Å²) in [6.07, 6.45) is -0.695. The highest BCUT2D eigenvalue weighted by Gasteiger charge is 2.28. The molecule has 0 heterocycles. The molecule has 1 rings (SSSR count). The summed E-state index contributed by atoms with van der Waals surface area (Å²) in [5.41, 5.74) is 0.594. The van der Waals surface area contributed by atoms with E-state index in [0.717, 1.165) is 0 Å². The van der Waals surface area contributed by atoms with Gasteiger partial charge in [0.25, 0.3) is 0 Å². The quantitative estimate of drug-likeness (QED) is 0.588. The predicted molar refractivity (Wildman–Crippen MR) is 52.5 cm³/mol. The summed E-state index contributed by atoms with van der Waals surface area (Å²) in [5, 5.41) is 20.3. The molecule has 0 aliphatic heterocycles. The molecule has 0 bridgehead atoms. The van der Waals surface area contributed by atoms with Gasteiger partial charge in [-0.1, -0.05) is 37.3 Å². The smallest absolute Gasteiger partial charge is 0.242 e. The fraction of sp³-hybridized carbons (Fsp3) is 0.400. The minimum Gasteiger partial charge on any atom is -0.381 e. The van der Waals surface area contributed by atoms with Crippen molar-refractivity contribution in [2.24, 2.45) is 0 Å². The molecule has 0 aliphatic rings. The molecule has 1 N–H and O–H groups in total. The Balaban J connectivity index is 2.83. The first-order chi connectivity index (χ1) is 6.66. The molecule has 4 heteroatoms. The maximum atomic E-state index is 10.6. The van der Waals surface area contributed by atoms with E-state index in [9.17, 15) is 15.2 Å². The maximum Gasteiger partial charge on any atom is 0.242 e. The lowest BCUT2D eigenvalue weighted by atomic mass is 10.0. The third kappa shape index (κ3) is 2.29. The van der Waals surface area contributed by atoms with Crippen LogP contribution in [0.2, 0.25) is 0 Å². The van der Waals surface area contributed by atoms with E-state index in [0.29, 0.717) is 12.0 Å². The first-order valence-electron chi connectivity index (χ1n) is 4.53. The van der Waals surface area contributed by atoms with Crippen molar-refractivity contribution in [3.8, 4) is 0 Å². The Bertz CT molecular complexity index is 299. The number of nitro groups is 1. The zero-order valence-electron chi connectivity index (χ0n) is 7.96. The number of hydrogen-bond donors (Lipinski definition) is 1. The van der Waals surface area contributed by atoms with Crippen LogP contribution in [-0.2, 0) is 0 Å². The number of aliphatic hydroxyl groups excluding tert-OH is 1. The van der Waals surface area contributed by atoms with Gasteiger partial charge >= 0.3 is 0 Å². The summed E-state index contributed by atoms with van der Waals surface area (Å²) < 4.78 is 0. The Morgan fingerprint density at radius 3 is 2.43 bits per heavy atom. The molecule has 2 atom stereocenters. The molecular formula is C10H13NO3. The van der Waals surface area contributed by atoms with Gasteiger partial charge in [-0.05, 0) is 5.56 Å². The molecule has 0 fully saturated rings. The lowest BCUT2D eigenvalue weighted by molar-refractivity contribution is -0.536. The van der Waals surface area contributed by atoms with Gasteiger partial charge in [-0.15, -0.1) is 0 Å². The molecule has 1 aromatic carbocycles. The molecule has 0 aliphatic carbocycles. The van der Waals surface area contributed by atoms with Gasteiger partial charge in [-0.25, -0.2) is 0 Å². The van der Waals surface area contributed by atoms with E-state index in [2.05, 4.69) is 0 Å². The van der Waals surface area contributed by atoms with Crippen LogP contribution in [0.4, 0.5) is 0 Å². The molecule has 0 aromatic heterocycles. The largest absolute Gasteiger partial charge is 0.381 e. The van der Waals surface area contributed by atoms with E-state index in [-0.39, 0.29) is 0 Å². The van der Waals surface area contributed by atoms with Crippen LogP contribution in [0.1, 0.15) is 25.0 Å². The van der Waals surface area contributed by atoms with Crippen molar-refractivity contribution in [2.45, 2.75) is 25.5 Å². The van der Waals surface area contributed by atoms with E-state index in [1.807, 2.05) is 6.07 Å². The highest BCUT2D eigenvalue weighted by Crippen LogP contribution is 2.20. The fourth-order valence-corrected chi connectivity index (χ4v) is 1.36. The van der Waals surface area contributed by atoms with Crippen molar-refractivity contribution >= 4 is 0 Å². The Morgan fingerprint density at radius 2 is 2.00 bits per heavy atom. The van der Waals surface area contributed by atoms with Gasteiger partial charge in [0.05, 0.1) is 0 Å². The number of rotatable bonds is 4. The molecule has 14 heavy (non-hydrogen) atoms. The Hall–Kier alpha value is -1.42. The van der Waals surface area contributed by atoms with Crippen LogP contribution in [0, 0.1) is 10.1 Å².